The molecule has 3 amide bonds. The zero-order valence-corrected chi connectivity index (χ0v) is 19.0. The summed E-state index contributed by atoms with van der Waals surface area (Å²) in [6.07, 6.45) is 0. The Hall–Kier alpha value is -4.85. The molecule has 8 nitrogen and oxygen atoms in total. The van der Waals surface area contributed by atoms with Crippen LogP contribution >= 0.6 is 0 Å². The standard InChI is InChI=1S/C27H20N4O4/c1-15-6-10-23(16(2)12-15)31-26(34)20-8-7-18(14-21(20)27(31)35)25(33)28-19-5-3-4-17(13-19)22-9-11-24(32)30-29-22/h3-14H,1-2H3,(H,28,33)(H,30,32). The summed E-state index contributed by atoms with van der Waals surface area (Å²) in [4.78, 5) is 51.5. The first-order chi connectivity index (χ1) is 16.8. The number of fused-ring (bicyclic) bond motifs is 1. The number of benzene rings is 3. The molecule has 1 aromatic heterocycles. The average Bonchev–Trinajstić information content (AvgIpc) is 3.09. The number of hydrogen-bond donors (Lipinski definition) is 2. The smallest absolute Gasteiger partial charge is 0.266 e. The maximum atomic E-state index is 13.1. The van der Waals surface area contributed by atoms with Gasteiger partial charge in [0.2, 0.25) is 0 Å². The number of nitrogens with zero attached hydrogens (tertiary/aromatic N) is 2. The Labute approximate surface area is 200 Å². The van der Waals surface area contributed by atoms with Crippen molar-refractivity contribution in [3.63, 3.8) is 0 Å². The zero-order chi connectivity index (χ0) is 24.7. The van der Waals surface area contributed by atoms with Crippen molar-refractivity contribution >= 4 is 29.1 Å². The lowest BCUT2D eigenvalue weighted by atomic mass is 10.0. The number of rotatable bonds is 4. The number of carbonyl (C=O) groups excluding carboxylic acids is 3. The van der Waals surface area contributed by atoms with E-state index < -0.39 is 17.7 Å². The first kappa shape index (κ1) is 22.0. The summed E-state index contributed by atoms with van der Waals surface area (Å²) < 4.78 is 0. The van der Waals surface area contributed by atoms with Gasteiger partial charge in [0.05, 0.1) is 22.5 Å². The van der Waals surface area contributed by atoms with E-state index in [4.69, 9.17) is 0 Å². The summed E-state index contributed by atoms with van der Waals surface area (Å²) in [7, 11) is 0. The van der Waals surface area contributed by atoms with Crippen LogP contribution in [0.5, 0.6) is 0 Å². The van der Waals surface area contributed by atoms with Crippen molar-refractivity contribution in [3.05, 3.63) is 111 Å². The summed E-state index contributed by atoms with van der Waals surface area (Å²) in [5, 5.41) is 9.19. The Bertz CT molecular complexity index is 1570. The fraction of sp³-hybridized carbons (Fsp3) is 0.0741. The van der Waals surface area contributed by atoms with E-state index in [1.165, 1.54) is 24.3 Å². The van der Waals surface area contributed by atoms with Crippen LogP contribution in [0.4, 0.5) is 11.4 Å². The minimum atomic E-state index is -0.460. The quantitative estimate of drug-likeness (QED) is 0.442. The molecule has 5 rings (SSSR count). The van der Waals surface area contributed by atoms with E-state index in [9.17, 15) is 19.2 Å². The van der Waals surface area contributed by atoms with E-state index in [-0.39, 0.29) is 22.2 Å². The van der Waals surface area contributed by atoms with Crippen LogP contribution < -0.4 is 15.8 Å². The molecule has 35 heavy (non-hydrogen) atoms. The van der Waals surface area contributed by atoms with Gasteiger partial charge < -0.3 is 5.32 Å². The summed E-state index contributed by atoms with van der Waals surface area (Å²) in [5.41, 5.74) is 4.54. The third kappa shape index (κ3) is 4.02. The third-order valence-corrected chi connectivity index (χ3v) is 5.84. The van der Waals surface area contributed by atoms with Crippen LogP contribution in [-0.4, -0.2) is 27.9 Å². The number of imide groups is 1. The number of amides is 3. The molecule has 0 atom stereocenters. The molecule has 0 unspecified atom stereocenters. The lowest BCUT2D eigenvalue weighted by Crippen LogP contribution is -2.30. The molecule has 0 aliphatic carbocycles. The van der Waals surface area contributed by atoms with Gasteiger partial charge in [-0.05, 0) is 61.9 Å². The molecule has 172 valence electrons. The molecule has 3 aromatic carbocycles. The van der Waals surface area contributed by atoms with Crippen molar-refractivity contribution in [2.75, 3.05) is 10.2 Å². The summed E-state index contributed by atoms with van der Waals surface area (Å²) in [5.74, 6) is -1.30. The van der Waals surface area contributed by atoms with Crippen LogP contribution in [0.3, 0.4) is 0 Å². The summed E-state index contributed by atoms with van der Waals surface area (Å²) >= 11 is 0. The number of nitrogens with one attached hydrogen (secondary N) is 2. The average molecular weight is 464 g/mol. The van der Waals surface area contributed by atoms with E-state index in [1.54, 1.807) is 36.4 Å². The molecular formula is C27H20N4O4. The summed E-state index contributed by atoms with van der Waals surface area (Å²) in [6, 6.07) is 20.0. The first-order valence-corrected chi connectivity index (χ1v) is 10.9. The van der Waals surface area contributed by atoms with Crippen molar-refractivity contribution in [2.45, 2.75) is 13.8 Å². The van der Waals surface area contributed by atoms with Crippen LogP contribution in [-0.2, 0) is 0 Å². The molecule has 1 aliphatic rings. The number of H-pyrrole nitrogens is 1. The second kappa shape index (κ2) is 8.49. The van der Waals surface area contributed by atoms with Gasteiger partial charge in [-0.2, -0.15) is 5.10 Å². The molecule has 2 N–H and O–H groups in total. The fourth-order valence-corrected chi connectivity index (χ4v) is 4.12. The van der Waals surface area contributed by atoms with E-state index in [0.29, 0.717) is 22.6 Å². The van der Waals surface area contributed by atoms with Crippen molar-refractivity contribution in [1.29, 1.82) is 0 Å². The number of carbonyl (C=O) groups is 3. The van der Waals surface area contributed by atoms with E-state index in [2.05, 4.69) is 15.5 Å². The topological polar surface area (TPSA) is 112 Å². The van der Waals surface area contributed by atoms with Gasteiger partial charge in [-0.15, -0.1) is 0 Å². The Morgan fingerprint density at radius 2 is 1.66 bits per heavy atom. The van der Waals surface area contributed by atoms with Gasteiger partial charge in [0, 0.05) is 22.9 Å². The number of aryl methyl sites for hydroxylation is 2. The van der Waals surface area contributed by atoms with Crippen LogP contribution in [0.2, 0.25) is 0 Å². The molecule has 2 heterocycles. The number of anilines is 2. The van der Waals surface area contributed by atoms with Gasteiger partial charge in [-0.3, -0.25) is 19.2 Å². The Morgan fingerprint density at radius 1 is 0.857 bits per heavy atom. The molecular weight excluding hydrogens is 444 g/mol. The molecule has 0 saturated carbocycles. The molecule has 8 heteroatoms. The molecule has 0 saturated heterocycles. The van der Waals surface area contributed by atoms with Crippen LogP contribution in [0.25, 0.3) is 11.3 Å². The van der Waals surface area contributed by atoms with Crippen molar-refractivity contribution < 1.29 is 14.4 Å². The molecule has 0 fully saturated rings. The Kier molecular flexibility index (Phi) is 5.33. The minimum Gasteiger partial charge on any atom is -0.322 e. The van der Waals surface area contributed by atoms with Crippen LogP contribution in [0.1, 0.15) is 42.2 Å². The Morgan fingerprint density at radius 3 is 2.40 bits per heavy atom. The highest BCUT2D eigenvalue weighted by atomic mass is 16.2. The van der Waals surface area contributed by atoms with E-state index >= 15 is 0 Å². The van der Waals surface area contributed by atoms with Gasteiger partial charge in [0.1, 0.15) is 0 Å². The zero-order valence-electron chi connectivity index (χ0n) is 19.0. The highest BCUT2D eigenvalue weighted by molar-refractivity contribution is 6.35. The van der Waals surface area contributed by atoms with Crippen LogP contribution in [0.15, 0.2) is 77.6 Å². The van der Waals surface area contributed by atoms with E-state index in [1.807, 2.05) is 26.0 Å². The van der Waals surface area contributed by atoms with Crippen molar-refractivity contribution in [1.82, 2.24) is 10.2 Å². The minimum absolute atomic E-state index is 0.189. The predicted octanol–water partition coefficient (Wildman–Crippen LogP) is 4.11. The molecule has 0 radical (unpaired) electrons. The highest BCUT2D eigenvalue weighted by Gasteiger charge is 2.37. The normalized spacial score (nSPS) is 12.6. The lowest BCUT2D eigenvalue weighted by Gasteiger charge is -2.16. The monoisotopic (exact) mass is 464 g/mol. The molecule has 4 aromatic rings. The predicted molar refractivity (Wildman–Crippen MR) is 132 cm³/mol. The van der Waals surface area contributed by atoms with Gasteiger partial charge in [-0.1, -0.05) is 29.8 Å². The molecule has 0 bridgehead atoms. The maximum absolute atomic E-state index is 13.1. The molecule has 0 spiro atoms. The number of aromatic amines is 1. The number of hydrogen-bond acceptors (Lipinski definition) is 5. The number of aromatic nitrogens is 2. The van der Waals surface area contributed by atoms with Crippen LogP contribution in [0, 0.1) is 13.8 Å². The second-order valence-electron chi connectivity index (χ2n) is 8.34. The van der Waals surface area contributed by atoms with Crippen molar-refractivity contribution in [2.24, 2.45) is 0 Å². The van der Waals surface area contributed by atoms with Crippen molar-refractivity contribution in [3.8, 4) is 11.3 Å². The van der Waals surface area contributed by atoms with Gasteiger partial charge in [0.25, 0.3) is 23.3 Å². The SMILES string of the molecule is Cc1ccc(N2C(=O)c3ccc(C(=O)Nc4cccc(-c5ccc(=O)[nH]n5)c4)cc3C2=O)c(C)c1. The Balaban J connectivity index is 1.40. The van der Waals surface area contributed by atoms with Gasteiger partial charge >= 0.3 is 0 Å². The largest absolute Gasteiger partial charge is 0.322 e. The fourth-order valence-electron chi connectivity index (χ4n) is 4.12. The molecule has 1 aliphatic heterocycles. The van der Waals surface area contributed by atoms with Gasteiger partial charge in [-0.25, -0.2) is 10.00 Å². The third-order valence-electron chi connectivity index (χ3n) is 5.84. The van der Waals surface area contributed by atoms with Gasteiger partial charge in [0.15, 0.2) is 0 Å². The highest BCUT2D eigenvalue weighted by Crippen LogP contribution is 2.32. The first-order valence-electron chi connectivity index (χ1n) is 10.9. The second-order valence-corrected chi connectivity index (χ2v) is 8.34. The maximum Gasteiger partial charge on any atom is 0.266 e. The summed E-state index contributed by atoms with van der Waals surface area (Å²) in [6.45, 7) is 3.79. The lowest BCUT2D eigenvalue weighted by molar-refractivity contribution is 0.0925. The van der Waals surface area contributed by atoms with E-state index in [0.717, 1.165) is 16.0 Å².